The Morgan fingerprint density at radius 1 is 1.06 bits per heavy atom. The molecule has 1 heterocycles. The minimum absolute atomic E-state index is 0.426. The van der Waals surface area contributed by atoms with Crippen LogP contribution < -0.4 is 5.32 Å². The molecule has 0 spiro atoms. The molecular formula is C12H13N2O3P. The minimum Gasteiger partial charge on any atom is -0.353 e. The lowest BCUT2D eigenvalue weighted by atomic mass is 10.2. The fourth-order valence-corrected chi connectivity index (χ4v) is 2.45. The quantitative estimate of drug-likeness (QED) is 0.738. The van der Waals surface area contributed by atoms with Crippen LogP contribution in [0.25, 0.3) is 0 Å². The fraction of sp³-hybridized carbons (Fsp3) is 0.0833. The van der Waals surface area contributed by atoms with Gasteiger partial charge in [0, 0.05) is 6.20 Å². The molecule has 2 rings (SSSR count). The van der Waals surface area contributed by atoms with E-state index in [0.29, 0.717) is 11.4 Å². The monoisotopic (exact) mass is 264 g/mol. The number of rotatable bonds is 4. The maximum atomic E-state index is 11.5. The lowest BCUT2D eigenvalue weighted by molar-refractivity contribution is 0.363. The Bertz CT molecular complexity index is 542. The van der Waals surface area contributed by atoms with Gasteiger partial charge >= 0.3 is 7.60 Å². The van der Waals surface area contributed by atoms with E-state index in [1.807, 2.05) is 0 Å². The summed E-state index contributed by atoms with van der Waals surface area (Å²) in [6, 6.07) is 13.7. The molecule has 1 aromatic carbocycles. The molecule has 1 aromatic heterocycles. The SMILES string of the molecule is O=P(O)(O)C(Nc1ccccn1)c1ccccc1. The van der Waals surface area contributed by atoms with Crippen molar-refractivity contribution >= 4 is 13.4 Å². The molecule has 1 unspecified atom stereocenters. The van der Waals surface area contributed by atoms with E-state index in [1.165, 1.54) is 0 Å². The maximum Gasteiger partial charge on any atom is 0.352 e. The largest absolute Gasteiger partial charge is 0.353 e. The first kappa shape index (κ1) is 12.8. The maximum absolute atomic E-state index is 11.5. The van der Waals surface area contributed by atoms with E-state index >= 15 is 0 Å². The molecule has 0 saturated carbocycles. The van der Waals surface area contributed by atoms with Crippen LogP contribution >= 0.6 is 7.60 Å². The van der Waals surface area contributed by atoms with Crippen LogP contribution in [0.2, 0.25) is 0 Å². The molecule has 0 amide bonds. The standard InChI is InChI=1S/C12H13N2O3P/c15-18(16,17)12(10-6-2-1-3-7-10)14-11-8-4-5-9-13-11/h1-9,12H,(H,13,14)(H2,15,16,17). The third kappa shape index (κ3) is 3.17. The van der Waals surface area contributed by atoms with E-state index in [2.05, 4.69) is 10.3 Å². The molecule has 0 radical (unpaired) electrons. The van der Waals surface area contributed by atoms with Gasteiger partial charge < -0.3 is 15.1 Å². The Balaban J connectivity index is 2.31. The molecule has 0 aliphatic heterocycles. The Kier molecular flexibility index (Phi) is 3.77. The highest BCUT2D eigenvalue weighted by molar-refractivity contribution is 7.52. The van der Waals surface area contributed by atoms with E-state index in [-0.39, 0.29) is 0 Å². The van der Waals surface area contributed by atoms with Crippen molar-refractivity contribution in [2.24, 2.45) is 0 Å². The first-order chi connectivity index (χ1) is 8.57. The van der Waals surface area contributed by atoms with Crippen LogP contribution in [0.4, 0.5) is 5.82 Å². The highest BCUT2D eigenvalue weighted by Crippen LogP contribution is 2.51. The van der Waals surface area contributed by atoms with E-state index in [4.69, 9.17) is 0 Å². The van der Waals surface area contributed by atoms with Crippen molar-refractivity contribution in [2.75, 3.05) is 5.32 Å². The number of aromatic nitrogens is 1. The molecule has 0 aliphatic rings. The zero-order valence-electron chi connectivity index (χ0n) is 9.47. The number of hydrogen-bond acceptors (Lipinski definition) is 3. The summed E-state index contributed by atoms with van der Waals surface area (Å²) in [7, 11) is -4.31. The van der Waals surface area contributed by atoms with Crippen LogP contribution in [-0.2, 0) is 4.57 Å². The molecule has 1 atom stereocenters. The van der Waals surface area contributed by atoms with Gasteiger partial charge in [0.2, 0.25) is 0 Å². The van der Waals surface area contributed by atoms with Crippen molar-refractivity contribution in [1.29, 1.82) is 0 Å². The Morgan fingerprint density at radius 3 is 2.28 bits per heavy atom. The first-order valence-electron chi connectivity index (χ1n) is 5.35. The van der Waals surface area contributed by atoms with Crippen LogP contribution in [0.15, 0.2) is 54.7 Å². The second-order valence-corrected chi connectivity index (χ2v) is 5.46. The predicted molar refractivity (Wildman–Crippen MR) is 69.1 cm³/mol. The van der Waals surface area contributed by atoms with Gasteiger partial charge in [-0.25, -0.2) is 4.98 Å². The summed E-state index contributed by atoms with van der Waals surface area (Å²) >= 11 is 0. The summed E-state index contributed by atoms with van der Waals surface area (Å²) < 4.78 is 11.5. The zero-order chi connectivity index (χ0) is 13.0. The lowest BCUT2D eigenvalue weighted by Gasteiger charge is -2.20. The van der Waals surface area contributed by atoms with Crippen LogP contribution in [0.1, 0.15) is 11.3 Å². The molecule has 6 heteroatoms. The molecule has 94 valence electrons. The summed E-state index contributed by atoms with van der Waals surface area (Å²) in [5.74, 6) is -0.664. The second-order valence-electron chi connectivity index (χ2n) is 3.76. The van der Waals surface area contributed by atoms with E-state index < -0.39 is 13.4 Å². The summed E-state index contributed by atoms with van der Waals surface area (Å²) in [5.41, 5.74) is 0.525. The highest BCUT2D eigenvalue weighted by atomic mass is 31.2. The minimum atomic E-state index is -4.31. The van der Waals surface area contributed by atoms with Gasteiger partial charge in [-0.1, -0.05) is 36.4 Å². The Hall–Kier alpha value is -1.68. The molecule has 0 bridgehead atoms. The van der Waals surface area contributed by atoms with Crippen LogP contribution in [0, 0.1) is 0 Å². The van der Waals surface area contributed by atoms with Crippen molar-refractivity contribution in [3.63, 3.8) is 0 Å². The smallest absolute Gasteiger partial charge is 0.352 e. The van der Waals surface area contributed by atoms with Crippen LogP contribution in [-0.4, -0.2) is 14.8 Å². The third-order valence-electron chi connectivity index (χ3n) is 2.40. The van der Waals surface area contributed by atoms with Gasteiger partial charge in [-0.3, -0.25) is 4.57 Å². The van der Waals surface area contributed by atoms with Gasteiger partial charge in [0.25, 0.3) is 0 Å². The molecule has 3 N–H and O–H groups in total. The van der Waals surface area contributed by atoms with Gasteiger partial charge in [0.15, 0.2) is 5.78 Å². The molecule has 0 saturated heterocycles. The van der Waals surface area contributed by atoms with Gasteiger partial charge in [-0.05, 0) is 17.7 Å². The molecule has 2 aromatic rings. The highest BCUT2D eigenvalue weighted by Gasteiger charge is 2.30. The van der Waals surface area contributed by atoms with E-state index in [9.17, 15) is 14.4 Å². The molecule has 5 nitrogen and oxygen atoms in total. The Morgan fingerprint density at radius 2 is 1.72 bits per heavy atom. The summed E-state index contributed by atoms with van der Waals surface area (Å²) in [5, 5.41) is 2.76. The number of pyridine rings is 1. The van der Waals surface area contributed by atoms with E-state index in [0.717, 1.165) is 0 Å². The van der Waals surface area contributed by atoms with Crippen LogP contribution in [0.3, 0.4) is 0 Å². The molecular weight excluding hydrogens is 251 g/mol. The predicted octanol–water partition coefficient (Wildman–Crippen LogP) is 2.37. The Labute approximate surface area is 105 Å². The van der Waals surface area contributed by atoms with Crippen molar-refractivity contribution in [3.8, 4) is 0 Å². The topological polar surface area (TPSA) is 82.5 Å². The van der Waals surface area contributed by atoms with Gasteiger partial charge in [0.1, 0.15) is 5.82 Å². The van der Waals surface area contributed by atoms with Gasteiger partial charge in [0.05, 0.1) is 0 Å². The normalized spacial score (nSPS) is 13.0. The van der Waals surface area contributed by atoms with Gasteiger partial charge in [-0.2, -0.15) is 0 Å². The molecule has 18 heavy (non-hydrogen) atoms. The van der Waals surface area contributed by atoms with Crippen molar-refractivity contribution < 1.29 is 14.4 Å². The number of hydrogen-bond donors (Lipinski definition) is 3. The number of benzene rings is 1. The van der Waals surface area contributed by atoms with Crippen molar-refractivity contribution in [1.82, 2.24) is 4.98 Å². The van der Waals surface area contributed by atoms with E-state index in [1.54, 1.807) is 54.7 Å². The first-order valence-corrected chi connectivity index (χ1v) is 7.03. The average Bonchev–Trinajstić information content (AvgIpc) is 2.37. The lowest BCUT2D eigenvalue weighted by Crippen LogP contribution is -2.12. The molecule has 0 fully saturated rings. The summed E-state index contributed by atoms with van der Waals surface area (Å²) in [4.78, 5) is 22.8. The summed E-state index contributed by atoms with van der Waals surface area (Å²) in [6.07, 6.45) is 1.56. The van der Waals surface area contributed by atoms with Crippen LogP contribution in [0.5, 0.6) is 0 Å². The number of anilines is 1. The summed E-state index contributed by atoms with van der Waals surface area (Å²) in [6.45, 7) is 0. The molecule has 0 aliphatic carbocycles. The number of nitrogens with one attached hydrogen (secondary N) is 1. The third-order valence-corrected chi connectivity index (χ3v) is 3.50. The number of nitrogens with zero attached hydrogens (tertiary/aromatic N) is 1. The van der Waals surface area contributed by atoms with Crippen molar-refractivity contribution in [3.05, 3.63) is 60.3 Å². The average molecular weight is 264 g/mol. The van der Waals surface area contributed by atoms with Crippen molar-refractivity contribution in [2.45, 2.75) is 5.78 Å². The fourth-order valence-electron chi connectivity index (χ4n) is 1.59. The zero-order valence-corrected chi connectivity index (χ0v) is 10.4. The van der Waals surface area contributed by atoms with Gasteiger partial charge in [-0.15, -0.1) is 0 Å². The second kappa shape index (κ2) is 5.31.